The maximum Gasteiger partial charge on any atom is 0.261 e. The quantitative estimate of drug-likeness (QED) is 0.644. The number of carbonyl (C=O) groups is 1. The highest BCUT2D eigenvalue weighted by Crippen LogP contribution is 2.31. The standard InChI is InChI=1S/C16H12Cl2N2OS/c1-2-20(15(21)11-9-10(17)7-8-12(11)18)16-19-13-5-3-4-6-14(13)22-16/h3-9H,2H2,1H3. The number of benzene rings is 2. The number of halogens is 2. The average molecular weight is 351 g/mol. The lowest BCUT2D eigenvalue weighted by Gasteiger charge is -2.18. The van der Waals surface area contributed by atoms with Crippen LogP contribution in [0.2, 0.25) is 10.0 Å². The van der Waals surface area contributed by atoms with E-state index in [0.717, 1.165) is 10.2 Å². The fourth-order valence-electron chi connectivity index (χ4n) is 2.15. The lowest BCUT2D eigenvalue weighted by Crippen LogP contribution is -2.30. The minimum atomic E-state index is -0.200. The summed E-state index contributed by atoms with van der Waals surface area (Å²) in [6, 6.07) is 12.7. The molecule has 6 heteroatoms. The van der Waals surface area contributed by atoms with E-state index in [2.05, 4.69) is 4.98 Å². The number of fused-ring (bicyclic) bond motifs is 1. The fourth-order valence-corrected chi connectivity index (χ4v) is 3.55. The molecule has 112 valence electrons. The van der Waals surface area contributed by atoms with E-state index in [1.165, 1.54) is 11.3 Å². The second-order valence-corrected chi connectivity index (χ2v) is 6.49. The summed E-state index contributed by atoms with van der Waals surface area (Å²) in [6.07, 6.45) is 0. The molecule has 0 radical (unpaired) electrons. The normalized spacial score (nSPS) is 10.9. The number of para-hydroxylation sites is 1. The molecule has 0 unspecified atom stereocenters. The van der Waals surface area contributed by atoms with Crippen molar-refractivity contribution in [1.82, 2.24) is 4.98 Å². The van der Waals surface area contributed by atoms with E-state index in [9.17, 15) is 4.79 Å². The average Bonchev–Trinajstić information content (AvgIpc) is 2.93. The number of nitrogens with zero attached hydrogens (tertiary/aromatic N) is 2. The first-order valence-corrected chi connectivity index (χ1v) is 8.30. The van der Waals surface area contributed by atoms with Crippen LogP contribution in [0.1, 0.15) is 17.3 Å². The van der Waals surface area contributed by atoms with Crippen LogP contribution in [-0.4, -0.2) is 17.4 Å². The summed E-state index contributed by atoms with van der Waals surface area (Å²) in [6.45, 7) is 2.41. The topological polar surface area (TPSA) is 33.2 Å². The van der Waals surface area contributed by atoms with E-state index >= 15 is 0 Å². The maximum atomic E-state index is 12.8. The van der Waals surface area contributed by atoms with Crippen LogP contribution in [0.25, 0.3) is 10.2 Å². The van der Waals surface area contributed by atoms with Gasteiger partial charge in [0.2, 0.25) is 0 Å². The first-order chi connectivity index (χ1) is 10.6. The van der Waals surface area contributed by atoms with Gasteiger partial charge in [-0.25, -0.2) is 4.98 Å². The monoisotopic (exact) mass is 350 g/mol. The first kappa shape index (κ1) is 15.3. The van der Waals surface area contributed by atoms with Gasteiger partial charge in [0, 0.05) is 11.6 Å². The smallest absolute Gasteiger partial charge is 0.261 e. The van der Waals surface area contributed by atoms with E-state index in [0.29, 0.717) is 27.3 Å². The Balaban J connectivity index is 2.03. The molecule has 22 heavy (non-hydrogen) atoms. The van der Waals surface area contributed by atoms with E-state index in [1.807, 2.05) is 31.2 Å². The predicted octanol–water partition coefficient (Wildman–Crippen LogP) is 5.27. The molecule has 0 bridgehead atoms. The molecule has 3 rings (SSSR count). The maximum absolute atomic E-state index is 12.8. The number of hydrogen-bond donors (Lipinski definition) is 0. The molecule has 0 N–H and O–H groups in total. The molecule has 0 spiro atoms. The summed E-state index contributed by atoms with van der Waals surface area (Å²) in [5.41, 5.74) is 1.27. The van der Waals surface area contributed by atoms with Gasteiger partial charge in [-0.05, 0) is 37.3 Å². The molecule has 0 saturated heterocycles. The van der Waals surface area contributed by atoms with Crippen molar-refractivity contribution in [3.05, 3.63) is 58.1 Å². The van der Waals surface area contributed by atoms with Crippen molar-refractivity contribution in [2.75, 3.05) is 11.4 Å². The third kappa shape index (κ3) is 2.82. The second-order valence-electron chi connectivity index (χ2n) is 4.64. The van der Waals surface area contributed by atoms with Crippen molar-refractivity contribution >= 4 is 55.8 Å². The molecule has 0 saturated carbocycles. The highest BCUT2D eigenvalue weighted by molar-refractivity contribution is 7.22. The van der Waals surface area contributed by atoms with Gasteiger partial charge in [-0.3, -0.25) is 9.69 Å². The van der Waals surface area contributed by atoms with E-state index in [-0.39, 0.29) is 5.91 Å². The third-order valence-corrected chi connectivity index (χ3v) is 4.86. The largest absolute Gasteiger partial charge is 0.284 e. The lowest BCUT2D eigenvalue weighted by molar-refractivity contribution is 0.0988. The number of anilines is 1. The molecular formula is C16H12Cl2N2OS. The molecule has 3 aromatic rings. The summed E-state index contributed by atoms with van der Waals surface area (Å²) in [4.78, 5) is 18.9. The molecular weight excluding hydrogens is 339 g/mol. The molecule has 1 heterocycles. The van der Waals surface area contributed by atoms with E-state index in [1.54, 1.807) is 23.1 Å². The van der Waals surface area contributed by atoms with Crippen LogP contribution >= 0.6 is 34.5 Å². The number of aromatic nitrogens is 1. The Bertz CT molecular complexity index is 814. The SMILES string of the molecule is CCN(C(=O)c1cc(Cl)ccc1Cl)c1nc2ccccc2s1. The third-order valence-electron chi connectivity index (χ3n) is 3.23. The molecule has 1 amide bonds. The Morgan fingerprint density at radius 3 is 2.73 bits per heavy atom. The Morgan fingerprint density at radius 2 is 2.00 bits per heavy atom. The van der Waals surface area contributed by atoms with E-state index in [4.69, 9.17) is 23.2 Å². The van der Waals surface area contributed by atoms with Crippen molar-refractivity contribution in [2.24, 2.45) is 0 Å². The van der Waals surface area contributed by atoms with Crippen LogP contribution in [0.15, 0.2) is 42.5 Å². The Labute approximate surface area is 142 Å². The van der Waals surface area contributed by atoms with Gasteiger partial charge in [0.1, 0.15) is 0 Å². The molecule has 0 aliphatic carbocycles. The molecule has 1 aromatic heterocycles. The molecule has 0 atom stereocenters. The summed E-state index contributed by atoms with van der Waals surface area (Å²) in [7, 11) is 0. The second kappa shape index (κ2) is 6.24. The first-order valence-electron chi connectivity index (χ1n) is 6.72. The van der Waals surface area contributed by atoms with Crippen molar-refractivity contribution in [1.29, 1.82) is 0 Å². The van der Waals surface area contributed by atoms with Gasteiger partial charge in [0.25, 0.3) is 5.91 Å². The van der Waals surface area contributed by atoms with Gasteiger partial charge in [-0.15, -0.1) is 0 Å². The van der Waals surface area contributed by atoms with Crippen molar-refractivity contribution in [3.8, 4) is 0 Å². The van der Waals surface area contributed by atoms with Gasteiger partial charge in [0.15, 0.2) is 5.13 Å². The lowest BCUT2D eigenvalue weighted by atomic mass is 10.2. The zero-order chi connectivity index (χ0) is 15.7. The zero-order valence-electron chi connectivity index (χ0n) is 11.7. The molecule has 2 aromatic carbocycles. The van der Waals surface area contributed by atoms with Gasteiger partial charge in [0.05, 0.1) is 20.8 Å². The highest BCUT2D eigenvalue weighted by atomic mass is 35.5. The van der Waals surface area contributed by atoms with Crippen LogP contribution < -0.4 is 4.90 Å². The Kier molecular flexibility index (Phi) is 4.34. The predicted molar refractivity (Wildman–Crippen MR) is 93.4 cm³/mol. The number of carbonyl (C=O) groups excluding carboxylic acids is 1. The van der Waals surface area contributed by atoms with Gasteiger partial charge >= 0.3 is 0 Å². The van der Waals surface area contributed by atoms with E-state index < -0.39 is 0 Å². The number of thiazole rings is 1. The van der Waals surface area contributed by atoms with Crippen LogP contribution in [0.4, 0.5) is 5.13 Å². The van der Waals surface area contributed by atoms with Crippen molar-refractivity contribution < 1.29 is 4.79 Å². The van der Waals surface area contributed by atoms with Crippen LogP contribution in [0.5, 0.6) is 0 Å². The highest BCUT2D eigenvalue weighted by Gasteiger charge is 2.22. The molecule has 0 aliphatic rings. The van der Waals surface area contributed by atoms with Gasteiger partial charge in [-0.2, -0.15) is 0 Å². The van der Waals surface area contributed by atoms with Gasteiger partial charge in [-0.1, -0.05) is 46.7 Å². The minimum absolute atomic E-state index is 0.200. The Hall–Kier alpha value is -1.62. The zero-order valence-corrected chi connectivity index (χ0v) is 14.0. The van der Waals surface area contributed by atoms with Crippen LogP contribution in [0.3, 0.4) is 0 Å². The number of hydrogen-bond acceptors (Lipinski definition) is 3. The summed E-state index contributed by atoms with van der Waals surface area (Å²) < 4.78 is 1.04. The van der Waals surface area contributed by atoms with Crippen LogP contribution in [-0.2, 0) is 0 Å². The molecule has 0 fully saturated rings. The summed E-state index contributed by atoms with van der Waals surface area (Å²) in [5.74, 6) is -0.200. The Morgan fingerprint density at radius 1 is 1.23 bits per heavy atom. The van der Waals surface area contributed by atoms with Crippen molar-refractivity contribution in [3.63, 3.8) is 0 Å². The molecule has 3 nitrogen and oxygen atoms in total. The minimum Gasteiger partial charge on any atom is -0.284 e. The molecule has 0 aliphatic heterocycles. The van der Waals surface area contributed by atoms with Gasteiger partial charge < -0.3 is 0 Å². The fraction of sp³-hybridized carbons (Fsp3) is 0.125. The summed E-state index contributed by atoms with van der Waals surface area (Å²) >= 11 is 13.6. The summed E-state index contributed by atoms with van der Waals surface area (Å²) in [5, 5.41) is 1.52. The number of rotatable bonds is 3. The number of amides is 1. The van der Waals surface area contributed by atoms with Crippen molar-refractivity contribution in [2.45, 2.75) is 6.92 Å². The van der Waals surface area contributed by atoms with Crippen LogP contribution in [0, 0.1) is 0 Å².